The molecule has 1 aliphatic heterocycles. The zero-order valence-electron chi connectivity index (χ0n) is 31.8. The monoisotopic (exact) mass is 761 g/mol. The molecule has 292 valence electrons. The van der Waals surface area contributed by atoms with Crippen molar-refractivity contribution < 1.29 is 34.0 Å². The van der Waals surface area contributed by atoms with E-state index in [2.05, 4.69) is 24.8 Å². The first-order chi connectivity index (χ1) is 25.9. The van der Waals surface area contributed by atoms with Gasteiger partial charge in [0.15, 0.2) is 5.78 Å². The van der Waals surface area contributed by atoms with Crippen LogP contribution >= 0.6 is 11.6 Å². The van der Waals surface area contributed by atoms with Gasteiger partial charge in [-0.15, -0.1) is 0 Å². The first kappa shape index (κ1) is 40.7. The van der Waals surface area contributed by atoms with Crippen LogP contribution in [0.2, 0.25) is 5.02 Å². The molecular formula is C45H57ClFNO6. The summed E-state index contributed by atoms with van der Waals surface area (Å²) in [5, 5.41) is 35.5. The lowest BCUT2D eigenvalue weighted by Crippen LogP contribution is -2.55. The molecule has 2 fully saturated rings. The molecule has 0 unspecified atom stereocenters. The molecule has 0 amide bonds. The van der Waals surface area contributed by atoms with Gasteiger partial charge in [-0.05, 0) is 106 Å². The minimum Gasteiger partial charge on any atom is -0.393 e. The highest BCUT2D eigenvalue weighted by Gasteiger charge is 2.57. The summed E-state index contributed by atoms with van der Waals surface area (Å²) >= 11 is 6.40. The molecule has 0 aromatic heterocycles. The van der Waals surface area contributed by atoms with Gasteiger partial charge < -0.3 is 24.8 Å². The number of hydrogen-bond donors (Lipinski definition) is 3. The van der Waals surface area contributed by atoms with Gasteiger partial charge in [-0.3, -0.25) is 9.69 Å². The molecule has 3 aromatic carbocycles. The Balaban J connectivity index is 1.31. The number of halogens is 2. The smallest absolute Gasteiger partial charge is 0.167 e. The molecule has 2 bridgehead atoms. The quantitative estimate of drug-likeness (QED) is 0.120. The number of aliphatic hydroxyl groups is 3. The van der Waals surface area contributed by atoms with Crippen molar-refractivity contribution in [3.8, 4) is 0 Å². The largest absolute Gasteiger partial charge is 0.393 e. The van der Waals surface area contributed by atoms with Crippen molar-refractivity contribution in [1.29, 1.82) is 0 Å². The third-order valence-corrected chi connectivity index (χ3v) is 12.6. The van der Waals surface area contributed by atoms with E-state index in [-0.39, 0.29) is 41.4 Å². The van der Waals surface area contributed by atoms with Crippen molar-refractivity contribution in [3.05, 3.63) is 117 Å². The van der Waals surface area contributed by atoms with Crippen molar-refractivity contribution in [2.45, 2.75) is 114 Å². The Morgan fingerprint density at radius 1 is 1.09 bits per heavy atom. The fourth-order valence-electron chi connectivity index (χ4n) is 9.09. The lowest BCUT2D eigenvalue weighted by Gasteiger charge is -2.46. The Morgan fingerprint density at radius 2 is 1.91 bits per heavy atom. The Kier molecular flexibility index (Phi) is 13.8. The summed E-state index contributed by atoms with van der Waals surface area (Å²) in [6, 6.07) is 20.2. The highest BCUT2D eigenvalue weighted by atomic mass is 35.5. The lowest BCUT2D eigenvalue weighted by atomic mass is 9.64. The van der Waals surface area contributed by atoms with E-state index >= 15 is 0 Å². The maximum Gasteiger partial charge on any atom is 0.167 e. The Bertz CT molecular complexity index is 1730. The van der Waals surface area contributed by atoms with E-state index < -0.39 is 29.0 Å². The van der Waals surface area contributed by atoms with E-state index in [1.165, 1.54) is 17.7 Å². The second-order valence-electron chi connectivity index (χ2n) is 16.2. The van der Waals surface area contributed by atoms with Crippen LogP contribution in [0.15, 0.2) is 78.4 Å². The summed E-state index contributed by atoms with van der Waals surface area (Å²) in [5.74, 6) is -0.947. The molecule has 9 heteroatoms. The number of aliphatic hydroxyl groups excluding tert-OH is 2. The molecule has 0 spiro atoms. The van der Waals surface area contributed by atoms with Crippen LogP contribution in [-0.4, -0.2) is 82.8 Å². The average Bonchev–Trinajstić information content (AvgIpc) is 3.74. The van der Waals surface area contributed by atoms with Gasteiger partial charge in [0, 0.05) is 54.2 Å². The van der Waals surface area contributed by atoms with Crippen LogP contribution in [0.4, 0.5) is 4.39 Å². The molecule has 54 heavy (non-hydrogen) atoms. The number of nitrogens with zero attached hydrogens (tertiary/aromatic N) is 1. The number of fused-ring (bicyclic) bond motifs is 8. The molecule has 1 saturated heterocycles. The molecule has 6 atom stereocenters. The zero-order chi connectivity index (χ0) is 38.3. The number of allylic oxidation sites excluding steroid dienone is 2. The van der Waals surface area contributed by atoms with E-state index in [0.717, 1.165) is 42.4 Å². The fraction of sp³-hybridized carbons (Fsp3) is 0.533. The minimum atomic E-state index is -1.16. The number of benzene rings is 3. The highest BCUT2D eigenvalue weighted by Crippen LogP contribution is 2.59. The van der Waals surface area contributed by atoms with Gasteiger partial charge in [-0.1, -0.05) is 78.7 Å². The summed E-state index contributed by atoms with van der Waals surface area (Å²) in [6.45, 7) is 6.77. The molecule has 3 aromatic rings. The van der Waals surface area contributed by atoms with Gasteiger partial charge in [-0.25, -0.2) is 4.39 Å². The van der Waals surface area contributed by atoms with Crippen LogP contribution in [0.3, 0.4) is 0 Å². The number of carbonyl (C=O) groups is 1. The molecule has 3 N–H and O–H groups in total. The SMILES string of the molecule is CC1=CCC[C@@]2(C)[C@@H](CC[C@@]2(O)CN(C[C@@H](O)COCc2ccccc2)C[C@H]2CCCO2)c2ccc(cc2C(=O)Cc2c(F)cccc2Cl)C[C@@H](O)CC1. The second kappa shape index (κ2) is 18.3. The molecule has 4 aliphatic rings. The molecule has 3 aliphatic carbocycles. The summed E-state index contributed by atoms with van der Waals surface area (Å²) in [7, 11) is 0. The number of rotatable bonds is 13. The van der Waals surface area contributed by atoms with Crippen LogP contribution in [0.5, 0.6) is 0 Å². The summed E-state index contributed by atoms with van der Waals surface area (Å²) in [6.07, 6.45) is 6.92. The Labute approximate surface area is 325 Å². The maximum atomic E-state index is 15.0. The van der Waals surface area contributed by atoms with Crippen LogP contribution in [0.1, 0.15) is 104 Å². The topological polar surface area (TPSA) is 99.5 Å². The predicted octanol–water partition coefficient (Wildman–Crippen LogP) is 8.00. The molecule has 1 heterocycles. The van der Waals surface area contributed by atoms with Crippen molar-refractivity contribution in [2.75, 3.05) is 32.8 Å². The van der Waals surface area contributed by atoms with Crippen LogP contribution in [0.25, 0.3) is 0 Å². The van der Waals surface area contributed by atoms with E-state index in [9.17, 15) is 24.5 Å². The van der Waals surface area contributed by atoms with Gasteiger partial charge in [-0.2, -0.15) is 0 Å². The van der Waals surface area contributed by atoms with Gasteiger partial charge in [0.05, 0.1) is 37.1 Å². The predicted molar refractivity (Wildman–Crippen MR) is 210 cm³/mol. The molecular weight excluding hydrogens is 705 g/mol. The average molecular weight is 762 g/mol. The number of ether oxygens (including phenoxy) is 2. The van der Waals surface area contributed by atoms with Gasteiger partial charge in [0.2, 0.25) is 0 Å². The number of carbonyl (C=O) groups excluding carboxylic acids is 1. The zero-order valence-corrected chi connectivity index (χ0v) is 32.6. The van der Waals surface area contributed by atoms with E-state index in [4.69, 9.17) is 21.1 Å². The summed E-state index contributed by atoms with van der Waals surface area (Å²) in [4.78, 5) is 16.4. The van der Waals surface area contributed by atoms with E-state index in [1.807, 2.05) is 48.5 Å². The van der Waals surface area contributed by atoms with Crippen molar-refractivity contribution >= 4 is 17.4 Å². The number of Topliss-reactive ketones (excluding diaryl/α,β-unsaturated/α-hetero) is 1. The molecule has 7 rings (SSSR count). The van der Waals surface area contributed by atoms with Crippen LogP contribution < -0.4 is 0 Å². The van der Waals surface area contributed by atoms with Crippen molar-refractivity contribution in [2.24, 2.45) is 5.41 Å². The first-order valence-electron chi connectivity index (χ1n) is 19.7. The van der Waals surface area contributed by atoms with Crippen molar-refractivity contribution in [3.63, 3.8) is 0 Å². The minimum absolute atomic E-state index is 0.0166. The first-order valence-corrected chi connectivity index (χ1v) is 20.1. The molecule has 7 nitrogen and oxygen atoms in total. The highest BCUT2D eigenvalue weighted by molar-refractivity contribution is 6.31. The Hall–Kier alpha value is -2.95. The molecule has 0 radical (unpaired) electrons. The lowest BCUT2D eigenvalue weighted by molar-refractivity contribution is -0.0961. The van der Waals surface area contributed by atoms with Gasteiger partial charge in [0.1, 0.15) is 5.82 Å². The summed E-state index contributed by atoms with van der Waals surface area (Å²) in [5.41, 5.74) is 2.75. The fourth-order valence-corrected chi connectivity index (χ4v) is 9.32. The standard InChI is InChI=1S/C45H57ClFNO6/c1-31-9-7-20-44(2)40(37-18-16-33(23-34(49)17-15-31)24-38(37)43(51)25-39-41(46)13-6-14-42(39)47)19-21-45(44,52)30-48(27-36-12-8-22-54-36)26-35(50)29-53-28-32-10-4-3-5-11-32/h3-6,9-11,13-14,16,18,24,34-36,40,49-50,52H,7-8,12,15,17,19-23,25-30H2,1-2H3/t34-,35+,36+,40-,44-,45+/m0/s1. The van der Waals surface area contributed by atoms with Gasteiger partial charge in [0.25, 0.3) is 0 Å². The number of hydrogen-bond acceptors (Lipinski definition) is 7. The Morgan fingerprint density at radius 3 is 2.67 bits per heavy atom. The molecule has 1 saturated carbocycles. The summed E-state index contributed by atoms with van der Waals surface area (Å²) < 4.78 is 27.0. The van der Waals surface area contributed by atoms with Gasteiger partial charge >= 0.3 is 0 Å². The second-order valence-corrected chi connectivity index (χ2v) is 16.6. The van der Waals surface area contributed by atoms with E-state index in [1.54, 1.807) is 6.07 Å². The van der Waals surface area contributed by atoms with Crippen molar-refractivity contribution in [1.82, 2.24) is 4.90 Å². The third-order valence-electron chi connectivity index (χ3n) is 12.2. The maximum absolute atomic E-state index is 15.0. The normalized spacial score (nSPS) is 26.7. The third kappa shape index (κ3) is 9.88. The van der Waals surface area contributed by atoms with E-state index in [0.29, 0.717) is 70.5 Å². The van der Waals surface area contributed by atoms with Crippen LogP contribution in [-0.2, 0) is 28.9 Å². The number of ketones is 1. The van der Waals surface area contributed by atoms with Crippen LogP contribution in [0, 0.1) is 11.2 Å².